The van der Waals surface area contributed by atoms with Crippen LogP contribution in [0.15, 0.2) is 83.8 Å². The van der Waals surface area contributed by atoms with Gasteiger partial charge in [-0.2, -0.15) is 0 Å². The van der Waals surface area contributed by atoms with Crippen LogP contribution in [-0.2, 0) is 14.8 Å². The maximum atomic E-state index is 12.7. The third-order valence-electron chi connectivity index (χ3n) is 5.26. The number of sulfonamides is 1. The molecule has 2 N–H and O–H groups in total. The van der Waals surface area contributed by atoms with Gasteiger partial charge in [-0.05, 0) is 68.3 Å². The summed E-state index contributed by atoms with van der Waals surface area (Å²) in [6, 6.07) is 23.1. The van der Waals surface area contributed by atoms with E-state index in [1.807, 2.05) is 31.2 Å². The van der Waals surface area contributed by atoms with Crippen molar-refractivity contribution >= 4 is 27.4 Å². The SMILES string of the molecule is Cc1ccc(-c2ccc(OCC(=O)Nc3ccc(S(=O)(=O)Nc4cc(C)nc(C)n4)cc3)cc2)cc1. The number of hydrogen-bond donors (Lipinski definition) is 2. The molecule has 1 heterocycles. The highest BCUT2D eigenvalue weighted by Gasteiger charge is 2.16. The van der Waals surface area contributed by atoms with Gasteiger partial charge in [0.1, 0.15) is 17.4 Å². The lowest BCUT2D eigenvalue weighted by Gasteiger charge is -2.10. The number of hydrogen-bond acceptors (Lipinski definition) is 6. The normalized spacial score (nSPS) is 11.1. The summed E-state index contributed by atoms with van der Waals surface area (Å²) in [5.41, 5.74) is 4.47. The van der Waals surface area contributed by atoms with Gasteiger partial charge in [0.15, 0.2) is 6.61 Å². The average molecular weight is 503 g/mol. The second kappa shape index (κ2) is 10.6. The van der Waals surface area contributed by atoms with Gasteiger partial charge in [0, 0.05) is 17.4 Å². The lowest BCUT2D eigenvalue weighted by Crippen LogP contribution is -2.20. The van der Waals surface area contributed by atoms with Crippen LogP contribution in [0.5, 0.6) is 5.75 Å². The van der Waals surface area contributed by atoms with E-state index in [9.17, 15) is 13.2 Å². The first kappa shape index (κ1) is 24.9. The maximum absolute atomic E-state index is 12.7. The van der Waals surface area contributed by atoms with Crippen LogP contribution in [0.25, 0.3) is 11.1 Å². The number of rotatable bonds is 8. The van der Waals surface area contributed by atoms with Crippen LogP contribution >= 0.6 is 0 Å². The van der Waals surface area contributed by atoms with Gasteiger partial charge in [-0.1, -0.05) is 42.0 Å². The van der Waals surface area contributed by atoms with Crippen LogP contribution in [-0.4, -0.2) is 30.9 Å². The Labute approximate surface area is 210 Å². The Hall–Kier alpha value is -4.24. The molecule has 1 aromatic heterocycles. The van der Waals surface area contributed by atoms with Crippen molar-refractivity contribution in [1.82, 2.24) is 9.97 Å². The maximum Gasteiger partial charge on any atom is 0.263 e. The minimum absolute atomic E-state index is 0.0410. The van der Waals surface area contributed by atoms with Gasteiger partial charge in [-0.25, -0.2) is 18.4 Å². The Balaban J connectivity index is 1.32. The average Bonchev–Trinajstić information content (AvgIpc) is 2.83. The van der Waals surface area contributed by atoms with Crippen molar-refractivity contribution in [3.63, 3.8) is 0 Å². The number of ether oxygens (including phenoxy) is 1. The number of benzene rings is 3. The molecule has 0 aliphatic carbocycles. The van der Waals surface area contributed by atoms with Crippen LogP contribution in [0.4, 0.5) is 11.5 Å². The zero-order valence-corrected chi connectivity index (χ0v) is 21.0. The summed E-state index contributed by atoms with van der Waals surface area (Å²) in [5.74, 6) is 0.874. The largest absolute Gasteiger partial charge is 0.484 e. The predicted molar refractivity (Wildman–Crippen MR) is 139 cm³/mol. The van der Waals surface area contributed by atoms with E-state index >= 15 is 0 Å². The van der Waals surface area contributed by atoms with Crippen LogP contribution in [0.2, 0.25) is 0 Å². The lowest BCUT2D eigenvalue weighted by molar-refractivity contribution is -0.118. The molecule has 0 spiro atoms. The highest BCUT2D eigenvalue weighted by Crippen LogP contribution is 2.23. The summed E-state index contributed by atoms with van der Waals surface area (Å²) >= 11 is 0. The molecule has 0 radical (unpaired) electrons. The Morgan fingerprint density at radius 3 is 2.06 bits per heavy atom. The Morgan fingerprint density at radius 1 is 0.833 bits per heavy atom. The molecule has 0 fully saturated rings. The fourth-order valence-corrected chi connectivity index (χ4v) is 4.51. The zero-order valence-electron chi connectivity index (χ0n) is 20.1. The predicted octanol–water partition coefficient (Wildman–Crippen LogP) is 4.89. The van der Waals surface area contributed by atoms with Crippen LogP contribution in [0.3, 0.4) is 0 Å². The van der Waals surface area contributed by atoms with Gasteiger partial charge in [-0.15, -0.1) is 0 Å². The second-order valence-electron chi connectivity index (χ2n) is 8.30. The molecule has 1 amide bonds. The Morgan fingerprint density at radius 2 is 1.44 bits per heavy atom. The minimum Gasteiger partial charge on any atom is -0.484 e. The van der Waals surface area contributed by atoms with Gasteiger partial charge < -0.3 is 10.1 Å². The molecule has 0 aliphatic rings. The van der Waals surface area contributed by atoms with E-state index in [2.05, 4.69) is 44.3 Å². The molecule has 3 aromatic carbocycles. The third kappa shape index (κ3) is 6.45. The van der Waals surface area contributed by atoms with E-state index in [1.54, 1.807) is 19.9 Å². The first-order valence-corrected chi connectivity index (χ1v) is 12.7. The van der Waals surface area contributed by atoms with Gasteiger partial charge in [0.05, 0.1) is 4.90 Å². The molecule has 0 unspecified atom stereocenters. The highest BCUT2D eigenvalue weighted by molar-refractivity contribution is 7.92. The van der Waals surface area contributed by atoms with E-state index in [-0.39, 0.29) is 23.2 Å². The quantitative estimate of drug-likeness (QED) is 0.355. The standard InChI is InChI=1S/C27H26N4O4S/c1-18-4-6-21(7-5-18)22-8-12-24(13-9-22)35-17-27(32)30-23-10-14-25(15-11-23)36(33,34)31-26-16-19(2)28-20(3)29-26/h4-16H,17H2,1-3H3,(H,30,32)(H,28,29,31). The molecular formula is C27H26N4O4S. The molecular weight excluding hydrogens is 476 g/mol. The van der Waals surface area contributed by atoms with E-state index in [1.165, 1.54) is 29.8 Å². The summed E-state index contributed by atoms with van der Waals surface area (Å²) in [6.07, 6.45) is 0. The number of nitrogens with zero attached hydrogens (tertiary/aromatic N) is 2. The molecule has 8 nitrogen and oxygen atoms in total. The van der Waals surface area contributed by atoms with Crippen LogP contribution < -0.4 is 14.8 Å². The molecule has 0 bridgehead atoms. The summed E-state index contributed by atoms with van der Waals surface area (Å²) in [7, 11) is -3.84. The Kier molecular flexibility index (Phi) is 7.30. The smallest absolute Gasteiger partial charge is 0.263 e. The Bertz CT molecular complexity index is 1450. The van der Waals surface area contributed by atoms with Crippen molar-refractivity contribution in [3.05, 3.63) is 95.9 Å². The number of aryl methyl sites for hydroxylation is 3. The first-order chi connectivity index (χ1) is 17.2. The van der Waals surface area contributed by atoms with Gasteiger partial charge in [0.25, 0.3) is 15.9 Å². The van der Waals surface area contributed by atoms with Gasteiger partial charge in [0.2, 0.25) is 0 Å². The molecule has 4 rings (SSSR count). The third-order valence-corrected chi connectivity index (χ3v) is 6.63. The molecule has 184 valence electrons. The molecule has 4 aromatic rings. The summed E-state index contributed by atoms with van der Waals surface area (Å²) in [5, 5.41) is 2.70. The fraction of sp³-hybridized carbons (Fsp3) is 0.148. The summed E-state index contributed by atoms with van der Waals surface area (Å²) in [6.45, 7) is 5.31. The number of aromatic nitrogens is 2. The van der Waals surface area contributed by atoms with Crippen LogP contribution in [0, 0.1) is 20.8 Å². The number of carbonyl (C=O) groups excluding carboxylic acids is 1. The second-order valence-corrected chi connectivity index (χ2v) is 9.98. The molecule has 9 heteroatoms. The molecule has 0 saturated carbocycles. The minimum atomic E-state index is -3.84. The number of amides is 1. The van der Waals surface area contributed by atoms with Gasteiger partial charge >= 0.3 is 0 Å². The number of nitrogens with one attached hydrogen (secondary N) is 2. The first-order valence-electron chi connectivity index (χ1n) is 11.2. The fourth-order valence-electron chi connectivity index (χ4n) is 3.52. The van der Waals surface area contributed by atoms with Crippen molar-refractivity contribution in [2.45, 2.75) is 25.7 Å². The molecule has 0 atom stereocenters. The molecule has 0 aliphatic heterocycles. The van der Waals surface area contributed by atoms with E-state index in [0.29, 0.717) is 23.0 Å². The summed E-state index contributed by atoms with van der Waals surface area (Å²) < 4.78 is 33.4. The number of anilines is 2. The van der Waals surface area contributed by atoms with Crippen molar-refractivity contribution < 1.29 is 17.9 Å². The van der Waals surface area contributed by atoms with Crippen molar-refractivity contribution in [1.29, 1.82) is 0 Å². The lowest BCUT2D eigenvalue weighted by atomic mass is 10.0. The van der Waals surface area contributed by atoms with E-state index in [0.717, 1.165) is 11.1 Å². The number of carbonyl (C=O) groups is 1. The van der Waals surface area contributed by atoms with Crippen molar-refractivity contribution in [2.75, 3.05) is 16.6 Å². The summed E-state index contributed by atoms with van der Waals surface area (Å²) in [4.78, 5) is 20.6. The highest BCUT2D eigenvalue weighted by atomic mass is 32.2. The monoisotopic (exact) mass is 502 g/mol. The molecule has 0 saturated heterocycles. The zero-order chi connectivity index (χ0) is 25.7. The molecule has 36 heavy (non-hydrogen) atoms. The van der Waals surface area contributed by atoms with E-state index in [4.69, 9.17) is 4.74 Å². The van der Waals surface area contributed by atoms with E-state index < -0.39 is 10.0 Å². The van der Waals surface area contributed by atoms with Crippen molar-refractivity contribution in [3.8, 4) is 16.9 Å². The van der Waals surface area contributed by atoms with Crippen LogP contribution in [0.1, 0.15) is 17.1 Å². The topological polar surface area (TPSA) is 110 Å². The van der Waals surface area contributed by atoms with Crippen molar-refractivity contribution in [2.24, 2.45) is 0 Å². The van der Waals surface area contributed by atoms with Gasteiger partial charge in [-0.3, -0.25) is 9.52 Å².